The highest BCUT2D eigenvalue weighted by Crippen LogP contribution is 2.21. The number of carbonyl (C=O) groups is 1. The van der Waals surface area contributed by atoms with E-state index in [0.29, 0.717) is 23.6 Å². The fraction of sp³-hybridized carbons (Fsp3) is 0.222. The molecule has 0 aliphatic carbocycles. The molecule has 0 radical (unpaired) electrons. The van der Waals surface area contributed by atoms with Gasteiger partial charge in [-0.1, -0.05) is 0 Å². The Morgan fingerprint density at radius 3 is 2.77 bits per heavy atom. The van der Waals surface area contributed by atoms with E-state index >= 15 is 0 Å². The molecule has 1 aromatic carbocycles. The van der Waals surface area contributed by atoms with Crippen molar-refractivity contribution >= 4 is 11.6 Å². The summed E-state index contributed by atoms with van der Waals surface area (Å²) in [5.74, 6) is -0.0709. The maximum Gasteiger partial charge on any atom is 0.252 e. The number of amides is 1. The molecule has 1 aromatic rings. The lowest BCUT2D eigenvalue weighted by molar-refractivity contribution is 0.0996. The van der Waals surface area contributed by atoms with Crippen molar-refractivity contribution in [2.75, 3.05) is 12.3 Å². The van der Waals surface area contributed by atoms with E-state index < -0.39 is 5.91 Å². The third kappa shape index (κ3) is 2.11. The first-order valence-corrected chi connectivity index (χ1v) is 3.97. The molecule has 0 saturated carbocycles. The van der Waals surface area contributed by atoms with E-state index in [4.69, 9.17) is 16.2 Å². The van der Waals surface area contributed by atoms with Crippen LogP contribution < -0.4 is 16.2 Å². The van der Waals surface area contributed by atoms with Gasteiger partial charge in [0.05, 0.1) is 12.2 Å². The number of hydrogen-bond acceptors (Lipinski definition) is 3. The molecule has 0 saturated heterocycles. The smallest absolute Gasteiger partial charge is 0.252 e. The Kier molecular flexibility index (Phi) is 2.74. The highest BCUT2D eigenvalue weighted by Gasteiger charge is 2.08. The van der Waals surface area contributed by atoms with E-state index in [0.717, 1.165) is 0 Å². The van der Waals surface area contributed by atoms with Crippen molar-refractivity contribution in [3.8, 4) is 5.75 Å². The van der Waals surface area contributed by atoms with Crippen LogP contribution in [0, 0.1) is 0 Å². The van der Waals surface area contributed by atoms with Gasteiger partial charge in [-0.05, 0) is 19.1 Å². The fourth-order valence-electron chi connectivity index (χ4n) is 1.02. The molecule has 70 valence electrons. The van der Waals surface area contributed by atoms with E-state index in [1.807, 2.05) is 6.92 Å². The number of hydrogen-bond donors (Lipinski definition) is 2. The molecular weight excluding hydrogens is 168 g/mol. The Morgan fingerprint density at radius 1 is 1.54 bits per heavy atom. The summed E-state index contributed by atoms with van der Waals surface area (Å²) in [4.78, 5) is 10.9. The van der Waals surface area contributed by atoms with E-state index in [9.17, 15) is 4.79 Å². The summed E-state index contributed by atoms with van der Waals surface area (Å²) in [6, 6.07) is 4.76. The van der Waals surface area contributed by atoms with Gasteiger partial charge in [-0.25, -0.2) is 0 Å². The zero-order valence-electron chi connectivity index (χ0n) is 7.41. The van der Waals surface area contributed by atoms with Crippen LogP contribution in [0.4, 0.5) is 5.69 Å². The Hall–Kier alpha value is -1.71. The van der Waals surface area contributed by atoms with Crippen LogP contribution in [0.1, 0.15) is 17.3 Å². The van der Waals surface area contributed by atoms with Gasteiger partial charge in [-0.3, -0.25) is 4.79 Å². The predicted octanol–water partition coefficient (Wildman–Crippen LogP) is 0.766. The lowest BCUT2D eigenvalue weighted by atomic mass is 10.2. The monoisotopic (exact) mass is 180 g/mol. The highest BCUT2D eigenvalue weighted by atomic mass is 16.5. The summed E-state index contributed by atoms with van der Waals surface area (Å²) in [5.41, 5.74) is 11.6. The average Bonchev–Trinajstić information content (AvgIpc) is 2.04. The number of carbonyl (C=O) groups excluding carboxylic acids is 1. The minimum Gasteiger partial charge on any atom is -0.493 e. The van der Waals surface area contributed by atoms with Crippen LogP contribution in [-0.4, -0.2) is 12.5 Å². The third-order valence-corrected chi connectivity index (χ3v) is 1.57. The molecule has 4 heteroatoms. The molecule has 0 bridgehead atoms. The Labute approximate surface area is 76.5 Å². The normalized spacial score (nSPS) is 9.62. The van der Waals surface area contributed by atoms with Crippen LogP contribution in [0.3, 0.4) is 0 Å². The van der Waals surface area contributed by atoms with E-state index in [2.05, 4.69) is 0 Å². The minimum absolute atomic E-state index is 0.357. The first-order valence-electron chi connectivity index (χ1n) is 3.97. The summed E-state index contributed by atoms with van der Waals surface area (Å²) in [5, 5.41) is 0. The number of nitrogens with two attached hydrogens (primary N) is 2. The van der Waals surface area contributed by atoms with Crippen LogP contribution in [0.2, 0.25) is 0 Å². The highest BCUT2D eigenvalue weighted by molar-refractivity contribution is 5.96. The van der Waals surface area contributed by atoms with Crippen molar-refractivity contribution in [2.24, 2.45) is 5.73 Å². The number of primary amides is 1. The van der Waals surface area contributed by atoms with Crippen molar-refractivity contribution in [1.82, 2.24) is 0 Å². The molecule has 0 aromatic heterocycles. The molecule has 0 heterocycles. The van der Waals surface area contributed by atoms with Crippen molar-refractivity contribution in [3.05, 3.63) is 23.8 Å². The van der Waals surface area contributed by atoms with Crippen molar-refractivity contribution in [1.29, 1.82) is 0 Å². The predicted molar refractivity (Wildman–Crippen MR) is 50.5 cm³/mol. The first-order chi connectivity index (χ1) is 6.15. The molecule has 0 unspecified atom stereocenters. The topological polar surface area (TPSA) is 78.3 Å². The number of rotatable bonds is 3. The number of ether oxygens (including phenoxy) is 1. The molecule has 4 N–H and O–H groups in total. The molecule has 0 aliphatic heterocycles. The van der Waals surface area contributed by atoms with Crippen molar-refractivity contribution in [2.45, 2.75) is 6.92 Å². The lowest BCUT2D eigenvalue weighted by Crippen LogP contribution is -2.13. The van der Waals surface area contributed by atoms with E-state index in [1.165, 1.54) is 0 Å². The second kappa shape index (κ2) is 3.80. The summed E-state index contributed by atoms with van der Waals surface area (Å²) in [6.07, 6.45) is 0. The average molecular weight is 180 g/mol. The fourth-order valence-corrected chi connectivity index (χ4v) is 1.02. The summed E-state index contributed by atoms with van der Waals surface area (Å²) >= 11 is 0. The van der Waals surface area contributed by atoms with Gasteiger partial charge in [0.2, 0.25) is 0 Å². The first kappa shape index (κ1) is 9.38. The summed E-state index contributed by atoms with van der Waals surface area (Å²) in [7, 11) is 0. The summed E-state index contributed by atoms with van der Waals surface area (Å²) in [6.45, 7) is 2.30. The van der Waals surface area contributed by atoms with Crippen LogP contribution >= 0.6 is 0 Å². The van der Waals surface area contributed by atoms with Crippen molar-refractivity contribution < 1.29 is 9.53 Å². The Balaban J connectivity index is 3.10. The van der Waals surface area contributed by atoms with Gasteiger partial charge in [0.1, 0.15) is 5.75 Å². The van der Waals surface area contributed by atoms with Gasteiger partial charge < -0.3 is 16.2 Å². The quantitative estimate of drug-likeness (QED) is 0.674. The molecule has 1 amide bonds. The summed E-state index contributed by atoms with van der Waals surface area (Å²) < 4.78 is 5.20. The Bertz CT molecular complexity index is 323. The van der Waals surface area contributed by atoms with Gasteiger partial charge in [0.15, 0.2) is 0 Å². The minimum atomic E-state index is -0.511. The number of nitrogen functional groups attached to an aromatic ring is 1. The van der Waals surface area contributed by atoms with E-state index in [-0.39, 0.29) is 0 Å². The maximum atomic E-state index is 10.9. The standard InChI is InChI=1S/C9H12N2O2/c1-2-13-8-5-6(10)3-4-7(8)9(11)12/h3-5H,2,10H2,1H3,(H2,11,12). The molecule has 0 aliphatic rings. The molecule has 4 nitrogen and oxygen atoms in total. The van der Waals surface area contributed by atoms with Gasteiger partial charge in [0, 0.05) is 11.8 Å². The van der Waals surface area contributed by atoms with Crippen molar-refractivity contribution in [3.63, 3.8) is 0 Å². The zero-order valence-corrected chi connectivity index (χ0v) is 7.41. The molecule has 0 atom stereocenters. The van der Waals surface area contributed by atoms with Crippen LogP contribution in [0.5, 0.6) is 5.75 Å². The Morgan fingerprint density at radius 2 is 2.23 bits per heavy atom. The maximum absolute atomic E-state index is 10.9. The van der Waals surface area contributed by atoms with Gasteiger partial charge >= 0.3 is 0 Å². The number of anilines is 1. The van der Waals surface area contributed by atoms with E-state index in [1.54, 1.807) is 18.2 Å². The molecular formula is C9H12N2O2. The van der Waals surface area contributed by atoms with Gasteiger partial charge in [0.25, 0.3) is 5.91 Å². The van der Waals surface area contributed by atoms with Crippen LogP contribution in [-0.2, 0) is 0 Å². The number of benzene rings is 1. The second-order valence-electron chi connectivity index (χ2n) is 2.55. The molecule has 13 heavy (non-hydrogen) atoms. The zero-order chi connectivity index (χ0) is 9.84. The van der Waals surface area contributed by atoms with Gasteiger partial charge in [-0.15, -0.1) is 0 Å². The second-order valence-corrected chi connectivity index (χ2v) is 2.55. The largest absolute Gasteiger partial charge is 0.493 e. The van der Waals surface area contributed by atoms with Gasteiger partial charge in [-0.2, -0.15) is 0 Å². The lowest BCUT2D eigenvalue weighted by Gasteiger charge is -2.07. The molecule has 1 rings (SSSR count). The van der Waals surface area contributed by atoms with Crippen LogP contribution in [0.15, 0.2) is 18.2 Å². The SMILES string of the molecule is CCOc1cc(N)ccc1C(N)=O. The molecule has 0 spiro atoms. The van der Waals surface area contributed by atoms with Crippen LogP contribution in [0.25, 0.3) is 0 Å². The molecule has 0 fully saturated rings. The third-order valence-electron chi connectivity index (χ3n) is 1.57.